The average molecular weight is 248 g/mol. The van der Waals surface area contributed by atoms with E-state index in [1.807, 2.05) is 25.2 Å². The molecule has 1 N–H and O–H groups in total. The van der Waals surface area contributed by atoms with E-state index in [0.29, 0.717) is 12.6 Å². The monoisotopic (exact) mass is 248 g/mol. The molecule has 0 amide bonds. The molecule has 0 bridgehead atoms. The highest BCUT2D eigenvalue weighted by atomic mass is 16.5. The lowest BCUT2D eigenvalue weighted by Crippen LogP contribution is -2.42. The Balaban J connectivity index is 2.23. The van der Waals surface area contributed by atoms with Gasteiger partial charge in [0.2, 0.25) is 0 Å². The molecule has 0 spiro atoms. The Morgan fingerprint density at radius 1 is 1.56 bits per heavy atom. The molecule has 1 unspecified atom stereocenters. The Hall–Kier alpha value is -1.55. The van der Waals surface area contributed by atoms with Crippen molar-refractivity contribution >= 4 is 11.5 Å². The number of Topliss-reactive ketones (excluding diaryl/α,β-unsaturated/α-hetero) is 1. The van der Waals surface area contributed by atoms with E-state index in [-0.39, 0.29) is 5.78 Å². The average Bonchev–Trinajstić information content (AvgIpc) is 2.37. The third-order valence-corrected chi connectivity index (χ3v) is 3.45. The first-order valence-corrected chi connectivity index (χ1v) is 6.28. The summed E-state index contributed by atoms with van der Waals surface area (Å²) < 4.78 is 5.76. The number of fused-ring (bicyclic) bond motifs is 1. The molecule has 2 rings (SSSR count). The molecule has 1 heterocycles. The molecule has 0 saturated carbocycles. The topological polar surface area (TPSA) is 41.6 Å². The van der Waals surface area contributed by atoms with Gasteiger partial charge in [-0.1, -0.05) is 0 Å². The number of ketones is 1. The molecule has 1 aromatic carbocycles. The van der Waals surface area contributed by atoms with Crippen molar-refractivity contribution in [2.24, 2.45) is 0 Å². The van der Waals surface area contributed by atoms with E-state index >= 15 is 0 Å². The van der Waals surface area contributed by atoms with Gasteiger partial charge in [0.05, 0.1) is 11.7 Å². The van der Waals surface area contributed by atoms with Crippen LogP contribution in [0.5, 0.6) is 5.75 Å². The van der Waals surface area contributed by atoms with Crippen molar-refractivity contribution < 1.29 is 9.53 Å². The Labute approximate surface area is 108 Å². The second-order valence-electron chi connectivity index (χ2n) is 4.71. The number of likely N-dealkylation sites (N-methyl/N-ethyl adjacent to an activating group) is 1. The summed E-state index contributed by atoms with van der Waals surface area (Å²) in [7, 11) is 4.01. The summed E-state index contributed by atoms with van der Waals surface area (Å²) in [6.07, 6.45) is 1.02. The number of carbonyl (C=O) groups excluding carboxylic acids is 1. The fraction of sp³-hybridized carbons (Fsp3) is 0.500. The van der Waals surface area contributed by atoms with Crippen LogP contribution in [-0.2, 0) is 0 Å². The minimum Gasteiger partial charge on any atom is -0.489 e. The summed E-state index contributed by atoms with van der Waals surface area (Å²) in [5.41, 5.74) is 1.74. The number of nitrogens with zero attached hydrogens (tertiary/aromatic N) is 1. The van der Waals surface area contributed by atoms with Crippen LogP contribution in [0.4, 0.5) is 5.69 Å². The van der Waals surface area contributed by atoms with Gasteiger partial charge in [0, 0.05) is 12.6 Å². The highest BCUT2D eigenvalue weighted by Gasteiger charge is 2.24. The predicted octanol–water partition coefficient (Wildman–Crippen LogP) is 1.70. The molecule has 98 valence electrons. The second kappa shape index (κ2) is 5.40. The smallest absolute Gasteiger partial charge is 0.159 e. The van der Waals surface area contributed by atoms with Crippen LogP contribution in [0, 0.1) is 0 Å². The summed E-state index contributed by atoms with van der Waals surface area (Å²) in [5, 5.41) is 3.15. The second-order valence-corrected chi connectivity index (χ2v) is 4.71. The third-order valence-electron chi connectivity index (χ3n) is 3.45. The van der Waals surface area contributed by atoms with Crippen LogP contribution < -0.4 is 15.0 Å². The normalized spacial score (nSPS) is 18.2. The van der Waals surface area contributed by atoms with Gasteiger partial charge in [0.25, 0.3) is 0 Å². The van der Waals surface area contributed by atoms with Gasteiger partial charge in [-0.3, -0.25) is 4.79 Å². The molecule has 0 aromatic heterocycles. The Kier molecular flexibility index (Phi) is 3.87. The first-order valence-electron chi connectivity index (χ1n) is 6.28. The van der Waals surface area contributed by atoms with Crippen LogP contribution in [-0.4, -0.2) is 39.1 Å². The summed E-state index contributed by atoms with van der Waals surface area (Å²) in [5.74, 6) is 0.951. The zero-order valence-electron chi connectivity index (χ0n) is 11.2. The van der Waals surface area contributed by atoms with Crippen LogP contribution >= 0.6 is 0 Å². The number of benzene rings is 1. The maximum atomic E-state index is 11.4. The zero-order valence-corrected chi connectivity index (χ0v) is 11.2. The van der Waals surface area contributed by atoms with Crippen molar-refractivity contribution in [3.63, 3.8) is 0 Å². The number of hydrogen-bond donors (Lipinski definition) is 1. The Bertz CT molecular complexity index is 445. The number of ether oxygens (including phenoxy) is 1. The van der Waals surface area contributed by atoms with Crippen LogP contribution in [0.2, 0.25) is 0 Å². The minimum atomic E-state index is 0.0866. The van der Waals surface area contributed by atoms with Crippen molar-refractivity contribution in [3.05, 3.63) is 23.8 Å². The molecule has 18 heavy (non-hydrogen) atoms. The molecular weight excluding hydrogens is 228 g/mol. The standard InChI is InChI=1S/C14H20N2O2/c1-10(17)11-4-5-14-13(8-11)16(3)12(9-18-14)6-7-15-2/h4-5,8,12,15H,6-7,9H2,1-3H3. The minimum absolute atomic E-state index is 0.0866. The van der Waals surface area contributed by atoms with Gasteiger partial charge in [0.15, 0.2) is 5.78 Å². The molecule has 1 aliphatic rings. The highest BCUT2D eigenvalue weighted by Crippen LogP contribution is 2.34. The van der Waals surface area contributed by atoms with Crippen molar-refractivity contribution in [2.45, 2.75) is 19.4 Å². The maximum Gasteiger partial charge on any atom is 0.159 e. The van der Waals surface area contributed by atoms with Crippen molar-refractivity contribution in [2.75, 3.05) is 32.1 Å². The summed E-state index contributed by atoms with van der Waals surface area (Å²) >= 11 is 0. The Morgan fingerprint density at radius 3 is 3.00 bits per heavy atom. The summed E-state index contributed by atoms with van der Waals surface area (Å²) in [6.45, 7) is 3.24. The van der Waals surface area contributed by atoms with Crippen molar-refractivity contribution in [1.29, 1.82) is 0 Å². The van der Waals surface area contributed by atoms with Crippen molar-refractivity contribution in [3.8, 4) is 5.75 Å². The number of carbonyl (C=O) groups is 1. The quantitative estimate of drug-likeness (QED) is 0.823. The SMILES string of the molecule is CNCCC1COc2ccc(C(C)=O)cc2N1C. The first-order chi connectivity index (χ1) is 8.63. The molecule has 0 fully saturated rings. The van der Waals surface area contributed by atoms with Crippen LogP contribution in [0.15, 0.2) is 18.2 Å². The van der Waals surface area contributed by atoms with E-state index in [2.05, 4.69) is 17.3 Å². The van der Waals surface area contributed by atoms with E-state index in [9.17, 15) is 4.79 Å². The lowest BCUT2D eigenvalue weighted by Gasteiger charge is -2.36. The lowest BCUT2D eigenvalue weighted by atomic mass is 10.1. The van der Waals surface area contributed by atoms with Gasteiger partial charge in [-0.2, -0.15) is 0 Å². The largest absolute Gasteiger partial charge is 0.489 e. The van der Waals surface area contributed by atoms with Crippen molar-refractivity contribution in [1.82, 2.24) is 5.32 Å². The number of hydrogen-bond acceptors (Lipinski definition) is 4. The van der Waals surface area contributed by atoms with Gasteiger partial charge >= 0.3 is 0 Å². The van der Waals surface area contributed by atoms with E-state index < -0.39 is 0 Å². The van der Waals surface area contributed by atoms with Crippen LogP contribution in [0.25, 0.3) is 0 Å². The molecule has 4 heteroatoms. The third kappa shape index (κ3) is 2.48. The van der Waals surface area contributed by atoms with Gasteiger partial charge in [-0.15, -0.1) is 0 Å². The molecule has 0 saturated heterocycles. The molecule has 0 radical (unpaired) electrons. The first kappa shape index (κ1) is 12.9. The number of anilines is 1. The fourth-order valence-corrected chi connectivity index (χ4v) is 2.22. The van der Waals surface area contributed by atoms with E-state index in [1.54, 1.807) is 6.92 Å². The van der Waals surface area contributed by atoms with E-state index in [0.717, 1.165) is 30.0 Å². The van der Waals surface area contributed by atoms with E-state index in [4.69, 9.17) is 4.74 Å². The van der Waals surface area contributed by atoms with E-state index in [1.165, 1.54) is 0 Å². The summed E-state index contributed by atoms with van der Waals surface area (Å²) in [6, 6.07) is 5.98. The molecule has 4 nitrogen and oxygen atoms in total. The maximum absolute atomic E-state index is 11.4. The van der Waals surface area contributed by atoms with Crippen LogP contribution in [0.1, 0.15) is 23.7 Å². The molecule has 0 aliphatic carbocycles. The Morgan fingerprint density at radius 2 is 2.33 bits per heavy atom. The zero-order chi connectivity index (χ0) is 13.1. The lowest BCUT2D eigenvalue weighted by molar-refractivity contribution is 0.101. The number of nitrogens with one attached hydrogen (secondary N) is 1. The van der Waals surface area contributed by atoms with Gasteiger partial charge in [-0.25, -0.2) is 0 Å². The molecular formula is C14H20N2O2. The molecule has 1 atom stereocenters. The van der Waals surface area contributed by atoms with Gasteiger partial charge < -0.3 is 15.0 Å². The van der Waals surface area contributed by atoms with Gasteiger partial charge in [-0.05, 0) is 45.1 Å². The number of rotatable bonds is 4. The highest BCUT2D eigenvalue weighted by molar-refractivity contribution is 5.95. The predicted molar refractivity (Wildman–Crippen MR) is 72.7 cm³/mol. The molecule has 1 aliphatic heterocycles. The van der Waals surface area contributed by atoms with Crippen LogP contribution in [0.3, 0.4) is 0 Å². The van der Waals surface area contributed by atoms with Gasteiger partial charge in [0.1, 0.15) is 12.4 Å². The fourth-order valence-electron chi connectivity index (χ4n) is 2.22. The summed E-state index contributed by atoms with van der Waals surface area (Å²) in [4.78, 5) is 13.6. The molecule has 1 aromatic rings.